The van der Waals surface area contributed by atoms with Crippen LogP contribution in [0.1, 0.15) is 84.7 Å². The van der Waals surface area contributed by atoms with Gasteiger partial charge in [-0.15, -0.1) is 22.7 Å². The van der Waals surface area contributed by atoms with Gasteiger partial charge in [0.2, 0.25) is 11.8 Å². The van der Waals surface area contributed by atoms with Gasteiger partial charge in [-0.25, -0.2) is 10.9 Å². The lowest BCUT2D eigenvalue weighted by Gasteiger charge is -2.02. The van der Waals surface area contributed by atoms with E-state index in [1.54, 1.807) is 0 Å². The SMILES string of the molecule is CCc1sc(C=NNC(=O)CCCCCCCCC(=O)NN=Cc2cc([N+](=O)[O-])c(CC)s2)cc1[N+](=O)[O-]. The summed E-state index contributed by atoms with van der Waals surface area (Å²) in [5.41, 5.74) is 5.06. The van der Waals surface area contributed by atoms with Crippen molar-refractivity contribution in [2.45, 2.75) is 78.1 Å². The van der Waals surface area contributed by atoms with E-state index in [4.69, 9.17) is 0 Å². The van der Waals surface area contributed by atoms with Gasteiger partial charge in [0.15, 0.2) is 0 Å². The molecule has 0 aliphatic heterocycles. The van der Waals surface area contributed by atoms with Crippen LogP contribution in [-0.2, 0) is 22.4 Å². The second-order valence-corrected chi connectivity index (χ2v) is 10.7. The number of aryl methyl sites for hydroxylation is 2. The number of hydrogen-bond donors (Lipinski definition) is 2. The standard InChI is InChI=1S/C24H32N6O6S2/c1-3-21-19(29(33)34)13-17(37-21)15-25-27-23(31)11-9-7-5-6-8-10-12-24(32)28-26-16-18-14-20(30(35)36)22(4-2)38-18/h13-16H,3-12H2,1-2H3,(H,27,31)(H,28,32). The van der Waals surface area contributed by atoms with Crippen LogP contribution < -0.4 is 10.9 Å². The van der Waals surface area contributed by atoms with E-state index in [2.05, 4.69) is 21.1 Å². The molecule has 2 aromatic heterocycles. The fraction of sp³-hybridized carbons (Fsp3) is 0.500. The summed E-state index contributed by atoms with van der Waals surface area (Å²) in [6.07, 6.45) is 9.78. The summed E-state index contributed by atoms with van der Waals surface area (Å²) >= 11 is 2.57. The highest BCUT2D eigenvalue weighted by molar-refractivity contribution is 7.14. The Labute approximate surface area is 228 Å². The first-order valence-electron chi connectivity index (χ1n) is 12.4. The molecule has 0 aromatic carbocycles. The lowest BCUT2D eigenvalue weighted by molar-refractivity contribution is -0.385. The number of carbonyl (C=O) groups excluding carboxylic acids is 2. The van der Waals surface area contributed by atoms with Crippen molar-refractivity contribution in [2.24, 2.45) is 10.2 Å². The molecule has 2 heterocycles. The van der Waals surface area contributed by atoms with Crippen molar-refractivity contribution in [3.8, 4) is 0 Å². The number of carbonyl (C=O) groups is 2. The van der Waals surface area contributed by atoms with Crippen LogP contribution in [0.5, 0.6) is 0 Å². The predicted molar refractivity (Wildman–Crippen MR) is 149 cm³/mol. The third kappa shape index (κ3) is 10.5. The lowest BCUT2D eigenvalue weighted by Crippen LogP contribution is -2.17. The molecule has 0 aliphatic rings. The summed E-state index contributed by atoms with van der Waals surface area (Å²) in [6.45, 7) is 3.70. The molecule has 2 amide bonds. The van der Waals surface area contributed by atoms with Gasteiger partial charge in [-0.3, -0.25) is 29.8 Å². The average Bonchev–Trinajstić information content (AvgIpc) is 3.50. The number of hydrogen-bond acceptors (Lipinski definition) is 10. The van der Waals surface area contributed by atoms with Gasteiger partial charge in [-0.1, -0.05) is 39.5 Å². The maximum atomic E-state index is 11.9. The molecule has 0 fully saturated rings. The Morgan fingerprint density at radius 3 is 1.45 bits per heavy atom. The van der Waals surface area contributed by atoms with E-state index in [9.17, 15) is 29.8 Å². The van der Waals surface area contributed by atoms with Crippen LogP contribution in [0.2, 0.25) is 0 Å². The Morgan fingerprint density at radius 1 is 0.763 bits per heavy atom. The molecule has 0 spiro atoms. The normalized spacial score (nSPS) is 11.3. The molecule has 0 atom stereocenters. The second-order valence-electron chi connectivity index (χ2n) is 8.34. The summed E-state index contributed by atoms with van der Waals surface area (Å²) < 4.78 is 0. The van der Waals surface area contributed by atoms with Crippen LogP contribution in [-0.4, -0.2) is 34.1 Å². The molecular weight excluding hydrogens is 532 g/mol. The molecule has 0 unspecified atom stereocenters. The number of nitrogens with one attached hydrogen (secondary N) is 2. The van der Waals surface area contributed by atoms with Crippen molar-refractivity contribution in [2.75, 3.05) is 0 Å². The van der Waals surface area contributed by atoms with E-state index in [0.717, 1.165) is 38.5 Å². The topological polar surface area (TPSA) is 169 Å². The molecule has 2 aromatic rings. The molecular formula is C24H32N6O6S2. The van der Waals surface area contributed by atoms with Crippen molar-refractivity contribution in [1.82, 2.24) is 10.9 Å². The molecule has 14 heteroatoms. The van der Waals surface area contributed by atoms with Crippen molar-refractivity contribution >= 4 is 58.3 Å². The quantitative estimate of drug-likeness (QED) is 0.112. The van der Waals surface area contributed by atoms with Crippen molar-refractivity contribution < 1.29 is 19.4 Å². The minimum atomic E-state index is -0.415. The van der Waals surface area contributed by atoms with Crippen LogP contribution >= 0.6 is 22.7 Å². The summed E-state index contributed by atoms with van der Waals surface area (Å²) in [5.74, 6) is -0.411. The Balaban J connectivity index is 1.52. The minimum Gasteiger partial charge on any atom is -0.273 e. The molecule has 38 heavy (non-hydrogen) atoms. The zero-order valence-electron chi connectivity index (χ0n) is 21.4. The van der Waals surface area contributed by atoms with E-state index >= 15 is 0 Å². The highest BCUT2D eigenvalue weighted by atomic mass is 32.1. The van der Waals surface area contributed by atoms with Gasteiger partial charge < -0.3 is 0 Å². The van der Waals surface area contributed by atoms with Gasteiger partial charge >= 0.3 is 0 Å². The molecule has 0 saturated heterocycles. The largest absolute Gasteiger partial charge is 0.283 e. The average molecular weight is 565 g/mol. The number of thiophene rings is 2. The number of nitro groups is 2. The van der Waals surface area contributed by atoms with E-state index < -0.39 is 9.85 Å². The van der Waals surface area contributed by atoms with Crippen molar-refractivity contribution in [3.05, 3.63) is 51.9 Å². The van der Waals surface area contributed by atoms with Crippen LogP contribution in [0.15, 0.2) is 22.3 Å². The molecule has 0 saturated carbocycles. The smallest absolute Gasteiger partial charge is 0.273 e. The summed E-state index contributed by atoms with van der Waals surface area (Å²) in [4.78, 5) is 47.6. The molecule has 0 radical (unpaired) electrons. The monoisotopic (exact) mass is 564 g/mol. The summed E-state index contributed by atoms with van der Waals surface area (Å²) in [7, 11) is 0. The van der Waals surface area contributed by atoms with Gasteiger partial charge in [0.05, 0.1) is 41.8 Å². The number of rotatable bonds is 17. The Kier molecular flexibility index (Phi) is 13.2. The van der Waals surface area contributed by atoms with Crippen molar-refractivity contribution in [3.63, 3.8) is 0 Å². The second kappa shape index (κ2) is 16.3. The Hall–Kier alpha value is -3.52. The van der Waals surface area contributed by atoms with Gasteiger partial charge in [0.1, 0.15) is 0 Å². The fourth-order valence-electron chi connectivity index (χ4n) is 3.55. The summed E-state index contributed by atoms with van der Waals surface area (Å²) in [5, 5.41) is 29.8. The number of amides is 2. The molecule has 206 valence electrons. The molecule has 2 N–H and O–H groups in total. The molecule has 0 bridgehead atoms. The lowest BCUT2D eigenvalue weighted by atomic mass is 10.1. The number of unbranched alkanes of at least 4 members (excludes halogenated alkanes) is 5. The molecule has 12 nitrogen and oxygen atoms in total. The van der Waals surface area contributed by atoms with Gasteiger partial charge in [0.25, 0.3) is 11.4 Å². The molecule has 2 rings (SSSR count). The number of hydrazone groups is 2. The van der Waals surface area contributed by atoms with Crippen LogP contribution in [0, 0.1) is 20.2 Å². The molecule has 0 aliphatic carbocycles. The van der Waals surface area contributed by atoms with E-state index in [0.29, 0.717) is 45.2 Å². The van der Waals surface area contributed by atoms with E-state index in [1.165, 1.54) is 47.2 Å². The predicted octanol–water partition coefficient (Wildman–Crippen LogP) is 5.47. The maximum Gasteiger partial charge on any atom is 0.283 e. The minimum absolute atomic E-state index is 0.0779. The third-order valence-electron chi connectivity index (χ3n) is 5.47. The highest BCUT2D eigenvalue weighted by Crippen LogP contribution is 2.29. The van der Waals surface area contributed by atoms with Gasteiger partial charge in [-0.05, 0) is 25.7 Å². The van der Waals surface area contributed by atoms with Crippen molar-refractivity contribution in [1.29, 1.82) is 0 Å². The number of nitrogens with zero attached hydrogens (tertiary/aromatic N) is 4. The Morgan fingerprint density at radius 2 is 1.13 bits per heavy atom. The summed E-state index contributed by atoms with van der Waals surface area (Å²) in [6, 6.07) is 2.91. The Bertz CT molecular complexity index is 1080. The van der Waals surface area contributed by atoms with Gasteiger partial charge in [-0.2, -0.15) is 10.2 Å². The fourth-order valence-corrected chi connectivity index (χ4v) is 5.43. The van der Waals surface area contributed by atoms with Gasteiger partial charge in [0, 0.05) is 25.0 Å². The first-order valence-corrected chi connectivity index (χ1v) is 14.1. The first kappa shape index (κ1) is 30.7. The van der Waals surface area contributed by atoms with E-state index in [-0.39, 0.29) is 23.2 Å². The van der Waals surface area contributed by atoms with Crippen LogP contribution in [0.4, 0.5) is 11.4 Å². The van der Waals surface area contributed by atoms with E-state index in [1.807, 2.05) is 13.8 Å². The zero-order valence-corrected chi connectivity index (χ0v) is 23.1. The van der Waals surface area contributed by atoms with Crippen LogP contribution in [0.3, 0.4) is 0 Å². The maximum absolute atomic E-state index is 11.9. The highest BCUT2D eigenvalue weighted by Gasteiger charge is 2.17. The first-order chi connectivity index (χ1) is 18.2. The van der Waals surface area contributed by atoms with Crippen LogP contribution in [0.25, 0.3) is 0 Å². The zero-order chi connectivity index (χ0) is 27.9. The third-order valence-corrected chi connectivity index (χ3v) is 7.87.